The SMILES string of the molecule is CC(C)(C)NC(=O)OC(C(=O)N1CCCC1)C(O)c1ccncc1. The van der Waals surface area contributed by atoms with E-state index in [1.54, 1.807) is 17.0 Å². The molecule has 0 bridgehead atoms. The number of hydrogen-bond acceptors (Lipinski definition) is 5. The summed E-state index contributed by atoms with van der Waals surface area (Å²) < 4.78 is 5.31. The van der Waals surface area contributed by atoms with Crippen molar-refractivity contribution in [3.8, 4) is 0 Å². The smallest absolute Gasteiger partial charge is 0.408 e. The molecule has 0 spiro atoms. The normalized spacial score (nSPS) is 17.2. The van der Waals surface area contributed by atoms with E-state index in [0.717, 1.165) is 12.8 Å². The van der Waals surface area contributed by atoms with Crippen LogP contribution in [0.2, 0.25) is 0 Å². The molecule has 24 heavy (non-hydrogen) atoms. The zero-order valence-corrected chi connectivity index (χ0v) is 14.4. The summed E-state index contributed by atoms with van der Waals surface area (Å²) in [4.78, 5) is 30.3. The van der Waals surface area contributed by atoms with Crippen LogP contribution in [0.1, 0.15) is 45.3 Å². The van der Waals surface area contributed by atoms with Crippen LogP contribution in [0.25, 0.3) is 0 Å². The van der Waals surface area contributed by atoms with E-state index in [9.17, 15) is 14.7 Å². The van der Waals surface area contributed by atoms with Crippen molar-refractivity contribution in [2.45, 2.75) is 51.4 Å². The average Bonchev–Trinajstić information content (AvgIpc) is 3.05. The number of alkyl carbamates (subject to hydrolysis) is 1. The molecule has 2 N–H and O–H groups in total. The lowest BCUT2D eigenvalue weighted by Crippen LogP contribution is -2.48. The maximum Gasteiger partial charge on any atom is 0.408 e. The quantitative estimate of drug-likeness (QED) is 0.872. The number of amides is 2. The Morgan fingerprint density at radius 1 is 1.25 bits per heavy atom. The first-order valence-electron chi connectivity index (χ1n) is 8.13. The highest BCUT2D eigenvalue weighted by Gasteiger charge is 2.36. The molecule has 7 nitrogen and oxygen atoms in total. The summed E-state index contributed by atoms with van der Waals surface area (Å²) in [6.45, 7) is 6.66. The summed E-state index contributed by atoms with van der Waals surface area (Å²) in [5.41, 5.74) is -0.0222. The highest BCUT2D eigenvalue weighted by molar-refractivity contribution is 5.84. The molecule has 2 heterocycles. The molecule has 2 unspecified atom stereocenters. The highest BCUT2D eigenvalue weighted by atomic mass is 16.6. The fraction of sp³-hybridized carbons (Fsp3) is 0.588. The predicted molar refractivity (Wildman–Crippen MR) is 88.2 cm³/mol. The Labute approximate surface area is 142 Å². The maximum absolute atomic E-state index is 12.7. The number of hydrogen-bond donors (Lipinski definition) is 2. The van der Waals surface area contributed by atoms with Crippen molar-refractivity contribution in [3.05, 3.63) is 30.1 Å². The van der Waals surface area contributed by atoms with Gasteiger partial charge in [-0.3, -0.25) is 9.78 Å². The van der Waals surface area contributed by atoms with E-state index in [4.69, 9.17) is 4.74 Å². The van der Waals surface area contributed by atoms with E-state index in [2.05, 4.69) is 10.3 Å². The van der Waals surface area contributed by atoms with E-state index >= 15 is 0 Å². The van der Waals surface area contributed by atoms with Crippen molar-refractivity contribution >= 4 is 12.0 Å². The molecule has 1 saturated heterocycles. The van der Waals surface area contributed by atoms with Crippen molar-refractivity contribution < 1.29 is 19.4 Å². The Bertz CT molecular complexity index is 565. The summed E-state index contributed by atoms with van der Waals surface area (Å²) in [5, 5.41) is 13.2. The molecule has 0 aliphatic carbocycles. The van der Waals surface area contributed by atoms with Gasteiger partial charge in [-0.05, 0) is 51.3 Å². The number of carbonyl (C=O) groups excluding carboxylic acids is 2. The van der Waals surface area contributed by atoms with Gasteiger partial charge in [0.1, 0.15) is 6.10 Å². The number of nitrogens with one attached hydrogen (secondary N) is 1. The number of aromatic nitrogens is 1. The van der Waals surface area contributed by atoms with Crippen LogP contribution in [0.5, 0.6) is 0 Å². The van der Waals surface area contributed by atoms with Crippen LogP contribution in [0, 0.1) is 0 Å². The summed E-state index contributed by atoms with van der Waals surface area (Å²) in [5.74, 6) is -0.374. The predicted octanol–water partition coefficient (Wildman–Crippen LogP) is 1.63. The Morgan fingerprint density at radius 3 is 2.38 bits per heavy atom. The van der Waals surface area contributed by atoms with E-state index in [0.29, 0.717) is 18.7 Å². The van der Waals surface area contributed by atoms with Crippen LogP contribution >= 0.6 is 0 Å². The summed E-state index contributed by atoms with van der Waals surface area (Å²) in [6.07, 6.45) is 1.61. The van der Waals surface area contributed by atoms with Crippen molar-refractivity contribution in [2.24, 2.45) is 0 Å². The first-order valence-corrected chi connectivity index (χ1v) is 8.13. The van der Waals surface area contributed by atoms with Crippen molar-refractivity contribution in [1.82, 2.24) is 15.2 Å². The van der Waals surface area contributed by atoms with Crippen molar-refractivity contribution in [1.29, 1.82) is 0 Å². The third kappa shape index (κ3) is 4.92. The minimum atomic E-state index is -1.28. The fourth-order valence-corrected chi connectivity index (χ4v) is 2.55. The zero-order chi connectivity index (χ0) is 17.7. The van der Waals surface area contributed by atoms with Gasteiger partial charge in [-0.2, -0.15) is 0 Å². The molecule has 0 radical (unpaired) electrons. The van der Waals surface area contributed by atoms with Gasteiger partial charge in [-0.25, -0.2) is 4.79 Å². The van der Waals surface area contributed by atoms with Gasteiger partial charge in [0.2, 0.25) is 6.10 Å². The molecule has 7 heteroatoms. The molecule has 0 saturated carbocycles. The van der Waals surface area contributed by atoms with E-state index in [1.807, 2.05) is 20.8 Å². The minimum Gasteiger partial charge on any atom is -0.433 e. The molecule has 2 atom stereocenters. The van der Waals surface area contributed by atoms with Crippen molar-refractivity contribution in [3.63, 3.8) is 0 Å². The number of aliphatic hydroxyl groups is 1. The molecular weight excluding hydrogens is 310 g/mol. The third-order valence-electron chi connectivity index (χ3n) is 3.71. The molecule has 1 aliphatic rings. The van der Waals surface area contributed by atoms with Gasteiger partial charge < -0.3 is 20.1 Å². The van der Waals surface area contributed by atoms with Gasteiger partial charge in [0.05, 0.1) is 0 Å². The highest BCUT2D eigenvalue weighted by Crippen LogP contribution is 2.22. The standard InChI is InChI=1S/C17H25N3O4/c1-17(2,3)19-16(23)24-14(15(22)20-10-4-5-11-20)13(21)12-6-8-18-9-7-12/h6-9,13-14,21H,4-5,10-11H2,1-3H3,(H,19,23). The molecule has 1 aliphatic heterocycles. The average molecular weight is 335 g/mol. The van der Waals surface area contributed by atoms with Gasteiger partial charge in [-0.15, -0.1) is 0 Å². The molecule has 1 aromatic heterocycles. The lowest BCUT2D eigenvalue weighted by molar-refractivity contribution is -0.145. The van der Waals surface area contributed by atoms with Crippen LogP contribution in [0.3, 0.4) is 0 Å². The molecule has 132 valence electrons. The van der Waals surface area contributed by atoms with E-state index < -0.39 is 23.8 Å². The van der Waals surface area contributed by atoms with Crippen LogP contribution in [0.15, 0.2) is 24.5 Å². The van der Waals surface area contributed by atoms with Crippen molar-refractivity contribution in [2.75, 3.05) is 13.1 Å². The van der Waals surface area contributed by atoms with E-state index in [-0.39, 0.29) is 5.91 Å². The number of nitrogens with zero attached hydrogens (tertiary/aromatic N) is 2. The second-order valence-corrected chi connectivity index (χ2v) is 6.96. The van der Waals surface area contributed by atoms with Gasteiger partial charge in [0.25, 0.3) is 5.91 Å². The third-order valence-corrected chi connectivity index (χ3v) is 3.71. The molecule has 1 fully saturated rings. The lowest BCUT2D eigenvalue weighted by atomic mass is 10.0. The number of carbonyl (C=O) groups is 2. The second kappa shape index (κ2) is 7.61. The molecule has 2 amide bonds. The Morgan fingerprint density at radius 2 is 1.83 bits per heavy atom. The largest absolute Gasteiger partial charge is 0.433 e. The molecule has 0 aromatic carbocycles. The Hall–Kier alpha value is -2.15. The van der Waals surface area contributed by atoms with Gasteiger partial charge in [0.15, 0.2) is 0 Å². The van der Waals surface area contributed by atoms with Gasteiger partial charge >= 0.3 is 6.09 Å². The first kappa shape index (κ1) is 18.2. The number of ether oxygens (including phenoxy) is 1. The number of aliphatic hydroxyl groups excluding tert-OH is 1. The minimum absolute atomic E-state index is 0.374. The van der Waals surface area contributed by atoms with Crippen LogP contribution < -0.4 is 5.32 Å². The van der Waals surface area contributed by atoms with Crippen LogP contribution in [-0.4, -0.2) is 51.7 Å². The van der Waals surface area contributed by atoms with Crippen LogP contribution in [0.4, 0.5) is 4.79 Å². The van der Waals surface area contributed by atoms with E-state index in [1.165, 1.54) is 12.4 Å². The molecular formula is C17H25N3O4. The van der Waals surface area contributed by atoms with Gasteiger partial charge in [0, 0.05) is 31.0 Å². The summed E-state index contributed by atoms with van der Waals surface area (Å²) in [6, 6.07) is 3.19. The molecule has 1 aromatic rings. The van der Waals surface area contributed by atoms with Crippen LogP contribution in [-0.2, 0) is 9.53 Å². The lowest BCUT2D eigenvalue weighted by Gasteiger charge is -2.28. The number of likely N-dealkylation sites (tertiary alicyclic amines) is 1. The topological polar surface area (TPSA) is 91.8 Å². The van der Waals surface area contributed by atoms with Gasteiger partial charge in [-0.1, -0.05) is 0 Å². The Balaban J connectivity index is 2.17. The summed E-state index contributed by atoms with van der Waals surface area (Å²) in [7, 11) is 0. The second-order valence-electron chi connectivity index (χ2n) is 6.96. The fourth-order valence-electron chi connectivity index (χ4n) is 2.55. The maximum atomic E-state index is 12.7. The summed E-state index contributed by atoms with van der Waals surface area (Å²) >= 11 is 0. The number of pyridine rings is 1. The molecule has 2 rings (SSSR count). The monoisotopic (exact) mass is 335 g/mol. The number of rotatable bonds is 4. The Kier molecular flexibility index (Phi) is 5.77. The zero-order valence-electron chi connectivity index (χ0n) is 14.4. The first-order chi connectivity index (χ1) is 11.3.